The molecule has 0 bridgehead atoms. The standard InChI is InChI=1S/C54H88O20/c1-23(2)19-26-20-27(46(65-10)69-26)28-13-17-54(9)30-11-12-33-51(5,6)34(15-16-52(33,7)29(30)14-18-53(28,54)8)71-50-45(44(38(60)32(21-55)70-50)73-48-41(63)39(61)35(57)24(3)67-48)74-49-42(64)43(36(58)25(4)68-49)72-47-40(62)37(59)31(56)22-66-47/h11,19,24-29,31-50,55-64H,12-18,20-22H2,1-10H3. The highest BCUT2D eigenvalue weighted by Crippen LogP contribution is 2.74. The molecule has 0 radical (unpaired) electrons. The summed E-state index contributed by atoms with van der Waals surface area (Å²) in [4.78, 5) is 0. The zero-order valence-corrected chi connectivity index (χ0v) is 44.8. The van der Waals surface area contributed by atoms with Crippen LogP contribution in [0.4, 0.5) is 0 Å². The molecule has 9 aliphatic rings. The lowest BCUT2D eigenvalue weighted by Gasteiger charge is -2.65. The monoisotopic (exact) mass is 1060 g/mol. The second-order valence-electron chi connectivity index (χ2n) is 25.0. The van der Waals surface area contributed by atoms with E-state index in [9.17, 15) is 51.1 Å². The molecule has 20 nitrogen and oxygen atoms in total. The maximum absolute atomic E-state index is 11.9. The van der Waals surface area contributed by atoms with E-state index in [1.54, 1.807) is 12.7 Å². The van der Waals surface area contributed by atoms with Crippen LogP contribution in [0, 0.1) is 45.3 Å². The summed E-state index contributed by atoms with van der Waals surface area (Å²) >= 11 is 0. The van der Waals surface area contributed by atoms with Crippen molar-refractivity contribution in [3.8, 4) is 0 Å². The summed E-state index contributed by atoms with van der Waals surface area (Å²) in [6.45, 7) is 18.0. The number of allylic oxidation sites excluding steroid dienone is 3. The third-order valence-corrected chi connectivity index (χ3v) is 20.3. The number of ether oxygens (including phenoxy) is 10. The molecule has 3 saturated carbocycles. The lowest BCUT2D eigenvalue weighted by Crippen LogP contribution is -2.68. The van der Waals surface area contributed by atoms with E-state index in [1.807, 2.05) is 0 Å². The summed E-state index contributed by atoms with van der Waals surface area (Å²) in [6.07, 6.45) is -17.8. The Morgan fingerprint density at radius 1 is 0.649 bits per heavy atom. The summed E-state index contributed by atoms with van der Waals surface area (Å²) in [7, 11) is 1.77. The van der Waals surface area contributed by atoms with Gasteiger partial charge in [-0.15, -0.1) is 0 Å². The minimum atomic E-state index is -1.85. The molecule has 0 spiro atoms. The highest BCUT2D eigenvalue weighted by Gasteiger charge is 2.67. The molecule has 0 aromatic rings. The van der Waals surface area contributed by atoms with E-state index in [0.29, 0.717) is 24.2 Å². The Hall–Kier alpha value is -1.32. The first-order chi connectivity index (χ1) is 34.8. The molecule has 4 aliphatic carbocycles. The van der Waals surface area contributed by atoms with Gasteiger partial charge in [0.2, 0.25) is 0 Å². The van der Waals surface area contributed by atoms with Crippen molar-refractivity contribution in [2.75, 3.05) is 20.3 Å². The first kappa shape index (κ1) is 57.4. The summed E-state index contributed by atoms with van der Waals surface area (Å²) < 4.78 is 62.2. The van der Waals surface area contributed by atoms with Gasteiger partial charge in [-0.05, 0) is 118 Å². The van der Waals surface area contributed by atoms with Gasteiger partial charge in [-0.2, -0.15) is 0 Å². The maximum atomic E-state index is 11.9. The van der Waals surface area contributed by atoms with Crippen LogP contribution in [0.25, 0.3) is 0 Å². The van der Waals surface area contributed by atoms with E-state index in [0.717, 1.165) is 44.9 Å². The van der Waals surface area contributed by atoms with Crippen molar-refractivity contribution in [2.45, 2.75) is 249 Å². The van der Waals surface area contributed by atoms with Gasteiger partial charge >= 0.3 is 0 Å². The largest absolute Gasteiger partial charge is 0.394 e. The number of fused-ring (bicyclic) bond motifs is 5. The maximum Gasteiger partial charge on any atom is 0.187 e. The Morgan fingerprint density at radius 2 is 1.30 bits per heavy atom. The first-order valence-corrected chi connectivity index (χ1v) is 27.3. The molecule has 9 rings (SSSR count). The Morgan fingerprint density at radius 3 is 1.97 bits per heavy atom. The molecule has 10 N–H and O–H groups in total. The molecule has 0 amide bonds. The van der Waals surface area contributed by atoms with E-state index in [1.165, 1.54) is 19.4 Å². The minimum Gasteiger partial charge on any atom is -0.394 e. The van der Waals surface area contributed by atoms with Crippen molar-refractivity contribution < 1.29 is 98.4 Å². The fourth-order valence-electron chi connectivity index (χ4n) is 15.8. The highest BCUT2D eigenvalue weighted by molar-refractivity contribution is 5.33. The zero-order chi connectivity index (χ0) is 53.7. The van der Waals surface area contributed by atoms with E-state index >= 15 is 0 Å². The topological polar surface area (TPSA) is 295 Å². The minimum absolute atomic E-state index is 0.00747. The number of rotatable bonds is 12. The molecule has 29 atom stereocenters. The van der Waals surface area contributed by atoms with Gasteiger partial charge in [-0.1, -0.05) is 57.9 Å². The first-order valence-electron chi connectivity index (χ1n) is 27.3. The van der Waals surface area contributed by atoms with Crippen molar-refractivity contribution in [2.24, 2.45) is 45.3 Å². The fraction of sp³-hybridized carbons (Fsp3) is 0.926. The highest BCUT2D eigenvalue weighted by atomic mass is 16.8. The van der Waals surface area contributed by atoms with Crippen LogP contribution in [0.5, 0.6) is 0 Å². The molecule has 8 fully saturated rings. The van der Waals surface area contributed by atoms with Crippen molar-refractivity contribution in [1.29, 1.82) is 0 Å². The third-order valence-electron chi connectivity index (χ3n) is 20.3. The van der Waals surface area contributed by atoms with Crippen LogP contribution in [0.1, 0.15) is 114 Å². The van der Waals surface area contributed by atoms with Crippen LogP contribution < -0.4 is 0 Å². The van der Waals surface area contributed by atoms with Crippen LogP contribution >= 0.6 is 0 Å². The molecule has 20 heteroatoms. The SMILES string of the molecule is COC1OC(C=C(C)C)CC1C1CCC2(C)C3=CCC4C(C)(C)C(OC5OC(CO)C(O)C(OC6OC(C)C(O)C(O)C6O)C5OC5OC(C)C(O)C(OC6OCC(O)C(O)C6O)C5O)CCC4(C)C3CCC12C. The second kappa shape index (κ2) is 21.6. The van der Waals surface area contributed by atoms with Crippen molar-refractivity contribution in [3.05, 3.63) is 23.3 Å². The van der Waals surface area contributed by atoms with Crippen LogP contribution in [-0.4, -0.2) is 207 Å². The van der Waals surface area contributed by atoms with E-state index in [-0.39, 0.29) is 34.6 Å². The molecule has 74 heavy (non-hydrogen) atoms. The van der Waals surface area contributed by atoms with E-state index in [4.69, 9.17) is 47.4 Å². The average Bonchev–Trinajstić information content (AvgIpc) is 3.88. The predicted octanol–water partition coefficient (Wildman–Crippen LogP) is 1.29. The summed E-state index contributed by atoms with van der Waals surface area (Å²) in [5, 5.41) is 109. The number of aliphatic hydroxyl groups is 10. The smallest absolute Gasteiger partial charge is 0.187 e. The lowest BCUT2D eigenvalue weighted by atomic mass is 9.41. The Bertz CT molecular complexity index is 2000. The molecular weight excluding hydrogens is 969 g/mol. The van der Waals surface area contributed by atoms with Gasteiger partial charge in [-0.25, -0.2) is 0 Å². The zero-order valence-electron chi connectivity index (χ0n) is 44.8. The normalized spacial score (nSPS) is 54.4. The van der Waals surface area contributed by atoms with E-state index < -0.39 is 141 Å². The van der Waals surface area contributed by atoms with Crippen LogP contribution in [0.2, 0.25) is 0 Å². The number of aliphatic hydroxyl groups excluding tert-OH is 10. The van der Waals surface area contributed by atoms with Gasteiger partial charge in [-0.3, -0.25) is 0 Å². The molecule has 5 saturated heterocycles. The van der Waals surface area contributed by atoms with Crippen molar-refractivity contribution in [1.82, 2.24) is 0 Å². The molecule has 0 aromatic heterocycles. The summed E-state index contributed by atoms with van der Waals surface area (Å²) in [5.74, 6) is 1.23. The van der Waals surface area contributed by atoms with Gasteiger partial charge in [0.15, 0.2) is 31.5 Å². The molecule has 5 heterocycles. The van der Waals surface area contributed by atoms with Crippen LogP contribution in [-0.2, 0) is 47.4 Å². The van der Waals surface area contributed by atoms with Gasteiger partial charge in [0.1, 0.15) is 79.4 Å². The number of methoxy groups -OCH3 is 1. The second-order valence-corrected chi connectivity index (χ2v) is 25.0. The fourth-order valence-corrected chi connectivity index (χ4v) is 15.8. The van der Waals surface area contributed by atoms with Crippen LogP contribution in [0.15, 0.2) is 23.3 Å². The molecule has 29 unspecified atom stereocenters. The molecule has 5 aliphatic heterocycles. The van der Waals surface area contributed by atoms with Crippen molar-refractivity contribution in [3.63, 3.8) is 0 Å². The van der Waals surface area contributed by atoms with Crippen molar-refractivity contribution >= 4 is 0 Å². The lowest BCUT2D eigenvalue weighted by molar-refractivity contribution is -0.402. The van der Waals surface area contributed by atoms with Gasteiger partial charge in [0.05, 0.1) is 37.6 Å². The third kappa shape index (κ3) is 9.74. The predicted molar refractivity (Wildman–Crippen MR) is 260 cm³/mol. The van der Waals surface area contributed by atoms with E-state index in [2.05, 4.69) is 60.6 Å². The van der Waals surface area contributed by atoms with Gasteiger partial charge < -0.3 is 98.4 Å². The molecule has 0 aromatic carbocycles. The van der Waals surface area contributed by atoms with Gasteiger partial charge in [0.25, 0.3) is 0 Å². The Balaban J connectivity index is 0.990. The number of hydrogen-bond donors (Lipinski definition) is 10. The molecule has 424 valence electrons. The molecular formula is C54H88O20. The quantitative estimate of drug-likeness (QED) is 0.123. The van der Waals surface area contributed by atoms with Gasteiger partial charge in [0, 0.05) is 13.0 Å². The Labute approximate surface area is 435 Å². The van der Waals surface area contributed by atoms with Crippen LogP contribution in [0.3, 0.4) is 0 Å². The summed E-state index contributed by atoms with van der Waals surface area (Å²) in [5.41, 5.74) is 2.26. The Kier molecular flexibility index (Phi) is 16.8. The number of hydrogen-bond acceptors (Lipinski definition) is 20. The summed E-state index contributed by atoms with van der Waals surface area (Å²) in [6, 6.07) is 0. The average molecular weight is 1060 g/mol.